The molecule has 4 bridgehead atoms. The first kappa shape index (κ1) is 73.5. The minimum absolute atomic E-state index is 0.0132. The third-order valence-corrected chi connectivity index (χ3v) is 18.3. The molecular formula is C66H88ClN7O17S. The predicted octanol–water partition coefficient (Wildman–Crippen LogP) is 6.21. The van der Waals surface area contributed by atoms with Crippen LogP contribution in [0.25, 0.3) is 0 Å². The monoisotopic (exact) mass is 1320 g/mol. The molecule has 0 aromatic heterocycles. The number of Topliss-reactive ketones (excluding diaryl/α,β-unsaturated/α-hetero) is 1. The number of rotatable bonds is 26. The van der Waals surface area contributed by atoms with Gasteiger partial charge in [-0.2, -0.15) is 0 Å². The highest BCUT2D eigenvalue weighted by Crippen LogP contribution is 2.50. The summed E-state index contributed by atoms with van der Waals surface area (Å²) in [6.45, 7) is 10.7. The Morgan fingerprint density at radius 3 is 2.29 bits per heavy atom. The first-order valence-corrected chi connectivity index (χ1v) is 31.6. The highest BCUT2D eigenvalue weighted by Gasteiger charge is 2.64. The average Bonchev–Trinajstić information content (AvgIpc) is 1.59. The fourth-order valence-corrected chi connectivity index (χ4v) is 12.1. The number of ketones is 1. The van der Waals surface area contributed by atoms with Crippen molar-refractivity contribution in [3.8, 4) is 5.75 Å². The largest absolute Gasteiger partial charge is 0.495 e. The summed E-state index contributed by atoms with van der Waals surface area (Å²) in [7, 11) is 7.30. The lowest BCUT2D eigenvalue weighted by atomic mass is 9.78. The zero-order valence-corrected chi connectivity index (χ0v) is 55.9. The summed E-state index contributed by atoms with van der Waals surface area (Å²) in [5.41, 5.74) is 5.46. The van der Waals surface area contributed by atoms with Gasteiger partial charge in [-0.25, -0.2) is 14.4 Å². The van der Waals surface area contributed by atoms with Gasteiger partial charge in [-0.05, 0) is 98.9 Å². The lowest BCUT2D eigenvalue weighted by Crippen LogP contribution is -2.53. The van der Waals surface area contributed by atoms with E-state index in [0.717, 1.165) is 16.0 Å². The number of amides is 8. The van der Waals surface area contributed by atoms with Gasteiger partial charge in [0.1, 0.15) is 52.9 Å². The van der Waals surface area contributed by atoms with Crippen molar-refractivity contribution in [3.05, 3.63) is 94.1 Å². The number of nitrogens with one attached hydrogen (secondary N) is 2. The molecule has 0 saturated carbocycles. The Labute approximate surface area is 547 Å². The summed E-state index contributed by atoms with van der Waals surface area (Å²) in [6, 6.07) is 7.45. The Hall–Kier alpha value is -7.58. The van der Waals surface area contributed by atoms with Crippen molar-refractivity contribution < 1.29 is 81.5 Å². The van der Waals surface area contributed by atoms with Gasteiger partial charge < -0.3 is 64.6 Å². The molecule has 0 radical (unpaired) electrons. The SMILES string of the molecule is COc1cc2cc(c1Cl)N(C)C(=O)C[C@H](OC(=O)[C@H](C)N(C)C(=O)CCN(C)C(=O)OCc1ccc(CC(=O)[C@H](CCCNC(N)=O)NC(=O)[C@@H](CC(=S)CCCN3C(=O)C=CC3=O)C(C)C)cc1)[C@]1(C)O[C@H]1[C@H](C)[C@@H]1C[C@@](O)(CC(=O)O1)[C@H](OC)/C=C/C=C(\C)C2. The Balaban J connectivity index is 1.05. The minimum Gasteiger partial charge on any atom is -0.495 e. The van der Waals surface area contributed by atoms with Crippen LogP contribution in [0.15, 0.2) is 72.4 Å². The van der Waals surface area contributed by atoms with E-state index < -0.39 is 102 Å². The maximum atomic E-state index is 14.5. The van der Waals surface area contributed by atoms with E-state index >= 15 is 0 Å². The maximum absolute atomic E-state index is 14.5. The fourth-order valence-electron chi connectivity index (χ4n) is 11.5. The van der Waals surface area contributed by atoms with Gasteiger partial charge in [0.15, 0.2) is 5.78 Å². The number of anilines is 1. The Kier molecular flexibility index (Phi) is 26.2. The van der Waals surface area contributed by atoms with Crippen LogP contribution in [0.3, 0.4) is 0 Å². The van der Waals surface area contributed by atoms with Crippen molar-refractivity contribution in [1.82, 2.24) is 25.3 Å². The number of nitrogens with zero attached hydrogens (tertiary/aromatic N) is 4. The molecule has 26 heteroatoms. The maximum Gasteiger partial charge on any atom is 0.409 e. The van der Waals surface area contributed by atoms with Crippen molar-refractivity contribution in [2.45, 2.75) is 166 Å². The number of carbonyl (C=O) groups excluding carboxylic acids is 10. The third-order valence-electron chi connectivity index (χ3n) is 17.5. The smallest absolute Gasteiger partial charge is 0.409 e. The first-order valence-electron chi connectivity index (χ1n) is 30.8. The van der Waals surface area contributed by atoms with Gasteiger partial charge in [-0.3, -0.25) is 38.5 Å². The molecule has 24 nitrogen and oxygen atoms in total. The number of nitrogens with two attached hydrogens (primary N) is 1. The van der Waals surface area contributed by atoms with E-state index in [9.17, 15) is 53.1 Å². The van der Waals surface area contributed by atoms with Gasteiger partial charge >= 0.3 is 24.1 Å². The Bertz CT molecular complexity index is 3180. The number of hydrogen-bond donors (Lipinski definition) is 4. The van der Waals surface area contributed by atoms with E-state index in [-0.39, 0.29) is 99.2 Å². The number of hydrogen-bond acceptors (Lipinski definition) is 18. The quantitative estimate of drug-likeness (QED) is 0.0203. The summed E-state index contributed by atoms with van der Waals surface area (Å²) >= 11 is 12.5. The second-order valence-corrected chi connectivity index (χ2v) is 25.7. The molecule has 4 aliphatic heterocycles. The number of primary amides is 1. The molecule has 5 N–H and O–H groups in total. The number of likely N-dealkylation sites (N-methyl/N-ethyl adjacent to an activating group) is 1. The number of ether oxygens (including phenoxy) is 6. The second kappa shape index (κ2) is 32.8. The zero-order valence-electron chi connectivity index (χ0n) is 54.3. The van der Waals surface area contributed by atoms with E-state index in [4.69, 9.17) is 58.0 Å². The van der Waals surface area contributed by atoms with Crippen molar-refractivity contribution in [3.63, 3.8) is 0 Å². The minimum atomic E-state index is -1.66. The number of thiocarbonyl (C=S) groups is 1. The van der Waals surface area contributed by atoms with Gasteiger partial charge in [-0.15, -0.1) is 0 Å². The highest BCUT2D eigenvalue weighted by atomic mass is 35.5. The van der Waals surface area contributed by atoms with E-state index in [2.05, 4.69) is 10.6 Å². The Morgan fingerprint density at radius 2 is 1.65 bits per heavy atom. The number of carbonyl (C=O) groups is 10. The van der Waals surface area contributed by atoms with Gasteiger partial charge in [0.05, 0.1) is 37.8 Å². The summed E-state index contributed by atoms with van der Waals surface area (Å²) in [4.78, 5) is 137. The molecule has 2 saturated heterocycles. The van der Waals surface area contributed by atoms with Crippen molar-refractivity contribution in [2.75, 3.05) is 59.9 Å². The van der Waals surface area contributed by atoms with Crippen molar-refractivity contribution in [2.24, 2.45) is 23.5 Å². The Morgan fingerprint density at radius 1 is 0.978 bits per heavy atom. The summed E-state index contributed by atoms with van der Waals surface area (Å²) in [5, 5.41) is 17.6. The molecule has 0 spiro atoms. The van der Waals surface area contributed by atoms with Crippen LogP contribution in [0.1, 0.15) is 116 Å². The molecule has 4 aliphatic rings. The zero-order chi connectivity index (χ0) is 67.9. The number of esters is 2. The van der Waals surface area contributed by atoms with E-state index in [1.54, 1.807) is 62.4 Å². The predicted molar refractivity (Wildman–Crippen MR) is 344 cm³/mol. The topological polar surface area (TPSA) is 313 Å². The number of allylic oxidation sites excluding steroid dienone is 3. The van der Waals surface area contributed by atoms with Crippen LogP contribution in [0.2, 0.25) is 5.02 Å². The summed E-state index contributed by atoms with van der Waals surface area (Å²) in [5.74, 6) is -4.95. The molecule has 2 aromatic rings. The molecule has 2 aromatic carbocycles. The number of methoxy groups -OCH3 is 2. The van der Waals surface area contributed by atoms with Gasteiger partial charge in [0.25, 0.3) is 11.8 Å². The number of urea groups is 1. The number of aliphatic hydroxyl groups is 1. The molecule has 92 heavy (non-hydrogen) atoms. The van der Waals surface area contributed by atoms with Crippen molar-refractivity contribution >= 4 is 93.8 Å². The molecule has 502 valence electrons. The molecule has 6 rings (SSSR count). The number of benzene rings is 2. The van der Waals surface area contributed by atoms with Gasteiger partial charge in [0.2, 0.25) is 17.7 Å². The average molecular weight is 1320 g/mol. The highest BCUT2D eigenvalue weighted by molar-refractivity contribution is 7.80. The van der Waals surface area contributed by atoms with Crippen LogP contribution in [-0.4, -0.2) is 187 Å². The van der Waals surface area contributed by atoms with Crippen LogP contribution in [-0.2, 0) is 81.5 Å². The standard InChI is InChI=1S/C66H88ClN7O17S/c1-38(2)46(33-45(92)16-14-27-74-55(77)23-24-56(74)78)61(81)70-47(17-13-26-69-63(68)83)49(75)31-42-19-21-43(22-20-42)37-88-64(84)71(7)28-25-54(76)72(8)41(5)62(82)90-53-34-57(79)73(9)48-30-44(32-50(86-10)59(48)67)29-39(3)15-12-18-52(87-11)66(85)35-51(89-58(80)36-66)40(4)60-65(53,6)91-60/h12,15,18-24,30,32,38,40-41,46-47,51-53,60,85H,13-14,16-17,25-29,31,33-37H2,1-11H3,(H,70,81)(H3,68,69,83)/b18-12+,39-15+/t40-,41+,46+,47+,51+,52-,53+,60+,65+,66-/m1/s1. The molecule has 4 heterocycles. The third kappa shape index (κ3) is 19.5. The van der Waals surface area contributed by atoms with Crippen LogP contribution in [0, 0.1) is 17.8 Å². The molecule has 0 aliphatic carbocycles. The molecule has 8 amide bonds. The summed E-state index contributed by atoms with van der Waals surface area (Å²) in [6.07, 6.45) is 4.20. The first-order chi connectivity index (χ1) is 43.4. The fraction of sp³-hybridized carbons (Fsp3) is 0.561. The van der Waals surface area contributed by atoms with Crippen LogP contribution in [0.5, 0.6) is 5.75 Å². The van der Waals surface area contributed by atoms with E-state index in [1.165, 1.54) is 69.1 Å². The van der Waals surface area contributed by atoms with Crippen molar-refractivity contribution in [1.29, 1.82) is 0 Å². The van der Waals surface area contributed by atoms with E-state index in [1.807, 2.05) is 26.8 Å². The molecular weight excluding hydrogens is 1230 g/mol. The lowest BCUT2D eigenvalue weighted by molar-refractivity contribution is -0.187. The van der Waals surface area contributed by atoms with Gasteiger partial charge in [0, 0.05) is 91.1 Å². The molecule has 10 atom stereocenters. The van der Waals surface area contributed by atoms with Gasteiger partial charge in [-0.1, -0.05) is 92.7 Å². The number of epoxide rings is 1. The number of halogens is 1. The van der Waals surface area contributed by atoms with Crippen LogP contribution < -0.4 is 26.0 Å². The molecule has 2 fully saturated rings. The normalized spacial score (nSPS) is 24.2. The summed E-state index contributed by atoms with van der Waals surface area (Å²) < 4.78 is 35.3. The van der Waals surface area contributed by atoms with E-state index in [0.29, 0.717) is 53.1 Å². The molecule has 0 unspecified atom stereocenters. The van der Waals surface area contributed by atoms with Crippen LogP contribution >= 0.6 is 23.8 Å². The van der Waals surface area contributed by atoms with Crippen LogP contribution in [0.4, 0.5) is 15.3 Å². The number of fused-ring (bicyclic) bond motifs is 5. The number of imide groups is 1. The second-order valence-electron chi connectivity index (χ2n) is 24.8. The lowest BCUT2D eigenvalue weighted by Gasteiger charge is -2.41.